The highest BCUT2D eigenvalue weighted by Crippen LogP contribution is 2.18. The molecule has 0 spiro atoms. The van der Waals surface area contributed by atoms with E-state index in [1.807, 2.05) is 60.7 Å². The van der Waals surface area contributed by atoms with Gasteiger partial charge in [-0.05, 0) is 55.5 Å². The van der Waals surface area contributed by atoms with E-state index in [1.165, 1.54) is 0 Å². The van der Waals surface area contributed by atoms with Crippen molar-refractivity contribution in [3.05, 3.63) is 108 Å². The van der Waals surface area contributed by atoms with Crippen LogP contribution in [-0.2, 0) is 25.7 Å². The lowest BCUT2D eigenvalue weighted by molar-refractivity contribution is -0.139. The Morgan fingerprint density at radius 1 is 0.891 bits per heavy atom. The SMILES string of the molecule is C.CCCCCC1N=C(c2ccccc2)OC1=O.O=C(NCCCC[C@H](NC(=O)c1ccccc1)C(=O)O)OCc1ccccc1. The number of carbonyl (C=O) groups is 4. The number of rotatable bonds is 15. The predicted octanol–water partition coefficient (Wildman–Crippen LogP) is 6.54. The third kappa shape index (κ3) is 13.3. The van der Waals surface area contributed by atoms with Crippen LogP contribution in [0.15, 0.2) is 96.0 Å². The van der Waals surface area contributed by atoms with Crippen molar-refractivity contribution >= 4 is 29.8 Å². The van der Waals surface area contributed by atoms with Crippen LogP contribution in [0.5, 0.6) is 0 Å². The smallest absolute Gasteiger partial charge is 0.407 e. The number of benzene rings is 3. The van der Waals surface area contributed by atoms with Gasteiger partial charge in [0.15, 0.2) is 6.04 Å². The van der Waals surface area contributed by atoms with Gasteiger partial charge >= 0.3 is 18.0 Å². The maximum atomic E-state index is 12.1. The van der Waals surface area contributed by atoms with E-state index in [0.29, 0.717) is 30.8 Å². The minimum absolute atomic E-state index is 0. The molecule has 1 heterocycles. The molecule has 1 unspecified atom stereocenters. The highest BCUT2D eigenvalue weighted by atomic mass is 16.6. The topological polar surface area (TPSA) is 143 Å². The van der Waals surface area contributed by atoms with E-state index in [9.17, 15) is 24.3 Å². The lowest BCUT2D eigenvalue weighted by Gasteiger charge is -2.14. The maximum absolute atomic E-state index is 12.1. The number of nitrogens with one attached hydrogen (secondary N) is 2. The van der Waals surface area contributed by atoms with Gasteiger partial charge < -0.3 is 25.2 Å². The zero-order chi connectivity index (χ0) is 32.3. The second-order valence-electron chi connectivity index (χ2n) is 10.4. The van der Waals surface area contributed by atoms with Crippen molar-refractivity contribution in [3.63, 3.8) is 0 Å². The van der Waals surface area contributed by atoms with Crippen molar-refractivity contribution in [2.45, 2.75) is 78.0 Å². The van der Waals surface area contributed by atoms with E-state index in [0.717, 1.165) is 36.8 Å². The number of hydrogen-bond acceptors (Lipinski definition) is 7. The van der Waals surface area contributed by atoms with Crippen LogP contribution in [0.2, 0.25) is 0 Å². The number of hydrogen-bond donors (Lipinski definition) is 3. The average Bonchev–Trinajstić information content (AvgIpc) is 3.44. The summed E-state index contributed by atoms with van der Waals surface area (Å²) in [5, 5.41) is 14.4. The zero-order valence-electron chi connectivity index (χ0n) is 25.5. The van der Waals surface area contributed by atoms with Crippen molar-refractivity contribution in [1.82, 2.24) is 10.6 Å². The Hall–Kier alpha value is -4.99. The molecule has 1 aliphatic rings. The van der Waals surface area contributed by atoms with E-state index < -0.39 is 24.0 Å². The number of esters is 1. The number of unbranched alkanes of at least 4 members (excludes halogenated alkanes) is 3. The van der Waals surface area contributed by atoms with Crippen LogP contribution in [-0.4, -0.2) is 53.6 Å². The molecule has 4 rings (SSSR count). The lowest BCUT2D eigenvalue weighted by Crippen LogP contribution is -2.40. The number of carboxylic acid groups (broad SMARTS) is 1. The summed E-state index contributed by atoms with van der Waals surface area (Å²) >= 11 is 0. The molecule has 0 radical (unpaired) electrons. The van der Waals surface area contributed by atoms with Crippen LogP contribution >= 0.6 is 0 Å². The van der Waals surface area contributed by atoms with Crippen LogP contribution in [0.1, 0.15) is 80.8 Å². The molecule has 10 heteroatoms. The zero-order valence-corrected chi connectivity index (χ0v) is 25.5. The number of carboxylic acids is 1. The predicted molar refractivity (Wildman–Crippen MR) is 178 cm³/mol. The molecule has 3 aromatic carbocycles. The van der Waals surface area contributed by atoms with Gasteiger partial charge in [0.2, 0.25) is 5.90 Å². The highest BCUT2D eigenvalue weighted by molar-refractivity contribution is 6.06. The summed E-state index contributed by atoms with van der Waals surface area (Å²) in [6, 6.07) is 26.1. The Morgan fingerprint density at radius 3 is 2.15 bits per heavy atom. The van der Waals surface area contributed by atoms with Gasteiger partial charge in [0.05, 0.1) is 0 Å². The normalized spacial score (nSPS) is 13.9. The molecule has 2 amide bonds. The van der Waals surface area contributed by atoms with E-state index in [-0.39, 0.29) is 32.5 Å². The summed E-state index contributed by atoms with van der Waals surface area (Å²) in [4.78, 5) is 51.0. The molecule has 10 nitrogen and oxygen atoms in total. The third-order valence-corrected chi connectivity index (χ3v) is 6.89. The van der Waals surface area contributed by atoms with Gasteiger partial charge in [0.25, 0.3) is 5.91 Å². The molecule has 46 heavy (non-hydrogen) atoms. The first-order valence-electron chi connectivity index (χ1n) is 15.3. The monoisotopic (exact) mass is 631 g/mol. The van der Waals surface area contributed by atoms with E-state index >= 15 is 0 Å². The Bertz CT molecular complexity index is 1380. The van der Waals surface area contributed by atoms with Gasteiger partial charge in [-0.3, -0.25) is 4.79 Å². The number of amides is 2. The number of aliphatic carboxylic acids is 1. The summed E-state index contributed by atoms with van der Waals surface area (Å²) in [5.41, 5.74) is 2.19. The molecule has 1 aliphatic heterocycles. The highest BCUT2D eigenvalue weighted by Gasteiger charge is 2.29. The van der Waals surface area contributed by atoms with Crippen molar-refractivity contribution in [2.24, 2.45) is 4.99 Å². The molecule has 0 saturated carbocycles. The first-order chi connectivity index (χ1) is 21.9. The third-order valence-electron chi connectivity index (χ3n) is 6.89. The fraction of sp³-hybridized carbons (Fsp3) is 0.361. The van der Waals surface area contributed by atoms with Gasteiger partial charge in [-0.2, -0.15) is 0 Å². The first kappa shape index (κ1) is 37.2. The average molecular weight is 632 g/mol. The van der Waals surface area contributed by atoms with Gasteiger partial charge in [0.1, 0.15) is 12.6 Å². The minimum Gasteiger partial charge on any atom is -0.480 e. The molecular formula is C36H45N3O7. The van der Waals surface area contributed by atoms with E-state index in [1.54, 1.807) is 30.3 Å². The molecular weight excluding hydrogens is 586 g/mol. The number of aliphatic imine (C=N–C) groups is 1. The molecule has 0 fully saturated rings. The fourth-order valence-corrected chi connectivity index (χ4v) is 4.39. The summed E-state index contributed by atoms with van der Waals surface area (Å²) < 4.78 is 10.3. The second-order valence-corrected chi connectivity index (χ2v) is 10.4. The summed E-state index contributed by atoms with van der Waals surface area (Å²) in [6.45, 7) is 2.71. The Kier molecular flexibility index (Phi) is 16.9. The summed E-state index contributed by atoms with van der Waals surface area (Å²) in [7, 11) is 0. The first-order valence-corrected chi connectivity index (χ1v) is 15.3. The largest absolute Gasteiger partial charge is 0.480 e. The number of ether oxygens (including phenoxy) is 2. The van der Waals surface area contributed by atoms with Gasteiger partial charge in [0, 0.05) is 17.7 Å². The number of cyclic esters (lactones) is 1. The van der Waals surface area contributed by atoms with Crippen LogP contribution in [0, 0.1) is 0 Å². The van der Waals surface area contributed by atoms with Crippen molar-refractivity contribution in [1.29, 1.82) is 0 Å². The van der Waals surface area contributed by atoms with Gasteiger partial charge in [-0.25, -0.2) is 19.4 Å². The molecule has 0 saturated heterocycles. The summed E-state index contributed by atoms with van der Waals surface area (Å²) in [5.74, 6) is -1.24. The standard InChI is InChI=1S/C21H24N2O5.C14H17NO2.CH4/c24-19(17-11-5-2-6-12-17)23-18(20(25)26)13-7-8-14-22-21(27)28-15-16-9-3-1-4-10-16;1-2-3-5-10-12-14(16)17-13(15-12)11-8-6-4-7-9-11;/h1-6,9-12,18H,7-8,13-15H2,(H,22,27)(H,23,24)(H,25,26);4,6-9,12H,2-3,5,10H2,1H3;1H4/t18-;;/m0../s1. The molecule has 0 aromatic heterocycles. The van der Waals surface area contributed by atoms with Crippen molar-refractivity contribution in [3.8, 4) is 0 Å². The Balaban J connectivity index is 0.000000350. The van der Waals surface area contributed by atoms with Crippen molar-refractivity contribution < 1.29 is 33.8 Å². The fourth-order valence-electron chi connectivity index (χ4n) is 4.39. The Morgan fingerprint density at radius 2 is 1.52 bits per heavy atom. The lowest BCUT2D eigenvalue weighted by atomic mass is 10.1. The molecule has 246 valence electrons. The molecule has 0 aliphatic carbocycles. The van der Waals surface area contributed by atoms with Crippen molar-refractivity contribution in [2.75, 3.05) is 6.54 Å². The molecule has 2 atom stereocenters. The minimum atomic E-state index is -1.08. The van der Waals surface area contributed by atoms with E-state index in [4.69, 9.17) is 9.47 Å². The molecule has 3 aromatic rings. The summed E-state index contributed by atoms with van der Waals surface area (Å²) in [6.07, 6.45) is 4.98. The number of carbonyl (C=O) groups excluding carboxylic acids is 3. The van der Waals surface area contributed by atoms with Gasteiger partial charge in [-0.15, -0.1) is 0 Å². The van der Waals surface area contributed by atoms with Crippen LogP contribution < -0.4 is 10.6 Å². The van der Waals surface area contributed by atoms with E-state index in [2.05, 4.69) is 22.5 Å². The molecule has 0 bridgehead atoms. The second kappa shape index (κ2) is 20.9. The van der Waals surface area contributed by atoms with Crippen LogP contribution in [0.4, 0.5) is 4.79 Å². The Labute approximate surface area is 271 Å². The van der Waals surface area contributed by atoms with Crippen LogP contribution in [0.3, 0.4) is 0 Å². The molecule has 3 N–H and O–H groups in total. The maximum Gasteiger partial charge on any atom is 0.407 e. The quantitative estimate of drug-likeness (QED) is 0.128. The van der Waals surface area contributed by atoms with Gasteiger partial charge in [-0.1, -0.05) is 100 Å². The van der Waals surface area contributed by atoms with Crippen LogP contribution in [0.25, 0.3) is 0 Å². The number of nitrogens with zero attached hydrogens (tertiary/aromatic N) is 1. The number of alkyl carbamates (subject to hydrolysis) is 1.